The Labute approximate surface area is 170 Å². The number of methoxy groups -OCH3 is 1. The van der Waals surface area contributed by atoms with Crippen LogP contribution < -0.4 is 0 Å². The van der Waals surface area contributed by atoms with E-state index in [1.807, 2.05) is 50.3 Å². The minimum absolute atomic E-state index is 0.0131. The third-order valence-electron chi connectivity index (χ3n) is 5.78. The molecule has 0 unspecified atom stereocenters. The lowest BCUT2D eigenvalue weighted by Crippen LogP contribution is -2.59. The van der Waals surface area contributed by atoms with Gasteiger partial charge < -0.3 is 18.9 Å². The van der Waals surface area contributed by atoms with Gasteiger partial charge in [0.05, 0.1) is 31.4 Å². The van der Waals surface area contributed by atoms with E-state index in [0.29, 0.717) is 5.57 Å². The zero-order valence-electron chi connectivity index (χ0n) is 17.0. The van der Waals surface area contributed by atoms with Gasteiger partial charge in [-0.05, 0) is 32.3 Å². The number of fused-ring (bicyclic) bond motifs is 3. The Morgan fingerprint density at radius 3 is 2.66 bits per heavy atom. The molecule has 1 aliphatic carbocycles. The lowest BCUT2D eigenvalue weighted by Gasteiger charge is -2.45. The summed E-state index contributed by atoms with van der Waals surface area (Å²) in [6.45, 7) is 4.07. The van der Waals surface area contributed by atoms with Crippen molar-refractivity contribution in [2.45, 2.75) is 57.3 Å². The van der Waals surface area contributed by atoms with Crippen molar-refractivity contribution in [1.29, 1.82) is 0 Å². The van der Waals surface area contributed by atoms with Crippen LogP contribution >= 0.6 is 0 Å². The molecule has 29 heavy (non-hydrogen) atoms. The Bertz CT molecular complexity index is 805. The molecule has 4 atom stereocenters. The number of rotatable bonds is 3. The maximum absolute atomic E-state index is 13.1. The van der Waals surface area contributed by atoms with Gasteiger partial charge in [-0.25, -0.2) is 9.59 Å². The molecule has 2 fully saturated rings. The summed E-state index contributed by atoms with van der Waals surface area (Å²) in [6.07, 6.45) is 2.74. The van der Waals surface area contributed by atoms with Gasteiger partial charge in [0.2, 0.25) is 0 Å². The SMILES string of the molecule is COC(=O)C1=C[C@H]2CC[C@@H]3OC(C)(C)O[C@@H]3[C@H]2N(C(=O)OCc2ccccc2)C1. The van der Waals surface area contributed by atoms with Crippen molar-refractivity contribution in [3.63, 3.8) is 0 Å². The zero-order chi connectivity index (χ0) is 20.6. The Hall–Kier alpha value is -2.38. The lowest BCUT2D eigenvalue weighted by molar-refractivity contribution is -0.151. The Kier molecular flexibility index (Phi) is 5.36. The summed E-state index contributed by atoms with van der Waals surface area (Å²) < 4.78 is 22.7. The van der Waals surface area contributed by atoms with Crippen molar-refractivity contribution in [2.75, 3.05) is 13.7 Å². The van der Waals surface area contributed by atoms with Gasteiger partial charge in [0.15, 0.2) is 5.79 Å². The number of nitrogens with zero attached hydrogens (tertiary/aromatic N) is 1. The number of amides is 1. The summed E-state index contributed by atoms with van der Waals surface area (Å²) in [5.41, 5.74) is 1.38. The normalized spacial score (nSPS) is 30.0. The molecular formula is C22H27NO6. The molecule has 1 saturated carbocycles. The molecule has 0 bridgehead atoms. The Morgan fingerprint density at radius 1 is 1.17 bits per heavy atom. The first-order valence-electron chi connectivity index (χ1n) is 10.00. The Morgan fingerprint density at radius 2 is 1.93 bits per heavy atom. The van der Waals surface area contributed by atoms with Crippen molar-refractivity contribution in [3.05, 3.63) is 47.5 Å². The summed E-state index contributed by atoms with van der Waals surface area (Å²) in [4.78, 5) is 26.9. The number of esters is 1. The predicted molar refractivity (Wildman–Crippen MR) is 104 cm³/mol. The number of carbonyl (C=O) groups is 2. The molecule has 1 saturated heterocycles. The van der Waals surface area contributed by atoms with E-state index in [4.69, 9.17) is 18.9 Å². The highest BCUT2D eigenvalue weighted by Crippen LogP contribution is 2.43. The summed E-state index contributed by atoms with van der Waals surface area (Å²) in [5.74, 6) is -1.13. The summed E-state index contributed by atoms with van der Waals surface area (Å²) in [6, 6.07) is 9.27. The molecule has 7 nitrogen and oxygen atoms in total. The maximum Gasteiger partial charge on any atom is 0.410 e. The van der Waals surface area contributed by atoms with Crippen molar-refractivity contribution in [3.8, 4) is 0 Å². The van der Waals surface area contributed by atoms with Gasteiger partial charge in [-0.1, -0.05) is 36.4 Å². The first kappa shape index (κ1) is 19.9. The molecule has 4 rings (SSSR count). The van der Waals surface area contributed by atoms with Gasteiger partial charge in [-0.3, -0.25) is 4.90 Å². The van der Waals surface area contributed by atoms with Crippen LogP contribution in [0.4, 0.5) is 4.79 Å². The second-order valence-electron chi connectivity index (χ2n) is 8.22. The second kappa shape index (κ2) is 7.80. The molecular weight excluding hydrogens is 374 g/mol. The molecule has 0 N–H and O–H groups in total. The van der Waals surface area contributed by atoms with Crippen LogP contribution in [0.25, 0.3) is 0 Å². The van der Waals surface area contributed by atoms with E-state index >= 15 is 0 Å². The monoisotopic (exact) mass is 401 g/mol. The fourth-order valence-electron chi connectivity index (χ4n) is 4.59. The molecule has 1 amide bonds. The van der Waals surface area contributed by atoms with Gasteiger partial charge in [-0.2, -0.15) is 0 Å². The molecule has 0 aromatic heterocycles. The minimum atomic E-state index is -0.698. The summed E-state index contributed by atoms with van der Waals surface area (Å²) >= 11 is 0. The van der Waals surface area contributed by atoms with Crippen LogP contribution in [-0.4, -0.2) is 54.7 Å². The zero-order valence-corrected chi connectivity index (χ0v) is 17.0. The standard InChI is InChI=1S/C22H27NO6/c1-22(2)28-17-10-9-15-11-16(20(24)26-3)12-23(18(15)19(17)29-22)21(25)27-13-14-7-5-4-6-8-14/h4-8,11,15,17-19H,9-10,12-13H2,1-3H3/t15-,17+,18+,19+/m1/s1. The number of carbonyl (C=O) groups excluding carboxylic acids is 2. The molecule has 156 valence electrons. The molecule has 7 heteroatoms. The lowest BCUT2D eigenvalue weighted by atomic mass is 9.77. The van der Waals surface area contributed by atoms with Gasteiger partial charge in [0, 0.05) is 5.92 Å². The largest absolute Gasteiger partial charge is 0.466 e. The average molecular weight is 401 g/mol. The van der Waals surface area contributed by atoms with Gasteiger partial charge in [0.25, 0.3) is 0 Å². The molecule has 1 aromatic rings. The van der Waals surface area contributed by atoms with E-state index in [2.05, 4.69) is 0 Å². The molecule has 0 spiro atoms. The fraction of sp³-hybridized carbons (Fsp3) is 0.545. The Balaban J connectivity index is 1.58. The van der Waals surface area contributed by atoms with Crippen LogP contribution in [0, 0.1) is 5.92 Å². The molecule has 2 aliphatic heterocycles. The van der Waals surface area contributed by atoms with Crippen LogP contribution in [-0.2, 0) is 30.3 Å². The predicted octanol–water partition coefficient (Wildman–Crippen LogP) is 3.04. The van der Waals surface area contributed by atoms with Crippen LogP contribution in [0.2, 0.25) is 0 Å². The van der Waals surface area contributed by atoms with Crippen molar-refractivity contribution < 1.29 is 28.5 Å². The van der Waals surface area contributed by atoms with E-state index < -0.39 is 17.8 Å². The van der Waals surface area contributed by atoms with E-state index in [-0.39, 0.29) is 37.3 Å². The molecule has 3 aliphatic rings. The maximum atomic E-state index is 13.1. The third kappa shape index (κ3) is 4.02. The fourth-order valence-corrected chi connectivity index (χ4v) is 4.59. The highest BCUT2D eigenvalue weighted by atomic mass is 16.8. The van der Waals surface area contributed by atoms with Gasteiger partial charge in [0.1, 0.15) is 12.7 Å². The van der Waals surface area contributed by atoms with Crippen LogP contribution in [0.5, 0.6) is 0 Å². The van der Waals surface area contributed by atoms with E-state index in [0.717, 1.165) is 18.4 Å². The molecule has 2 heterocycles. The van der Waals surface area contributed by atoms with E-state index in [1.54, 1.807) is 4.90 Å². The van der Waals surface area contributed by atoms with Gasteiger partial charge >= 0.3 is 12.1 Å². The summed E-state index contributed by atoms with van der Waals surface area (Å²) in [5, 5.41) is 0. The highest BCUT2D eigenvalue weighted by molar-refractivity contribution is 5.90. The number of benzene rings is 1. The smallest absolute Gasteiger partial charge is 0.410 e. The van der Waals surface area contributed by atoms with Crippen molar-refractivity contribution >= 4 is 12.1 Å². The minimum Gasteiger partial charge on any atom is -0.466 e. The molecule has 1 aromatic carbocycles. The van der Waals surface area contributed by atoms with Crippen molar-refractivity contribution in [2.24, 2.45) is 5.92 Å². The quantitative estimate of drug-likeness (QED) is 0.725. The molecule has 0 radical (unpaired) electrons. The van der Waals surface area contributed by atoms with Crippen LogP contribution in [0.3, 0.4) is 0 Å². The summed E-state index contributed by atoms with van der Waals surface area (Å²) in [7, 11) is 1.35. The van der Waals surface area contributed by atoms with Gasteiger partial charge in [-0.15, -0.1) is 0 Å². The number of hydrogen-bond acceptors (Lipinski definition) is 6. The first-order chi connectivity index (χ1) is 13.9. The first-order valence-corrected chi connectivity index (χ1v) is 10.00. The van der Waals surface area contributed by atoms with E-state index in [1.165, 1.54) is 7.11 Å². The third-order valence-corrected chi connectivity index (χ3v) is 5.78. The number of hydrogen-bond donors (Lipinski definition) is 0. The van der Waals surface area contributed by atoms with Crippen molar-refractivity contribution in [1.82, 2.24) is 4.90 Å². The topological polar surface area (TPSA) is 74.3 Å². The highest BCUT2D eigenvalue weighted by Gasteiger charge is 2.54. The number of ether oxygens (including phenoxy) is 4. The second-order valence-corrected chi connectivity index (χ2v) is 8.22. The average Bonchev–Trinajstić information content (AvgIpc) is 3.05. The van der Waals surface area contributed by atoms with Crippen LogP contribution in [0.15, 0.2) is 42.0 Å². The van der Waals surface area contributed by atoms with E-state index in [9.17, 15) is 9.59 Å². The van der Waals surface area contributed by atoms with Crippen LogP contribution in [0.1, 0.15) is 32.3 Å².